The van der Waals surface area contributed by atoms with Gasteiger partial charge in [-0.3, -0.25) is 10.1 Å². The predicted molar refractivity (Wildman–Crippen MR) is 79.9 cm³/mol. The summed E-state index contributed by atoms with van der Waals surface area (Å²) in [4.78, 5) is 10.9. The van der Waals surface area contributed by atoms with Crippen molar-refractivity contribution in [3.63, 3.8) is 0 Å². The van der Waals surface area contributed by atoms with E-state index in [0.29, 0.717) is 29.7 Å². The first kappa shape index (κ1) is 15.8. The second-order valence-electron chi connectivity index (χ2n) is 4.54. The maximum Gasteiger partial charge on any atom is 0.333 e. The molecule has 1 N–H and O–H groups in total. The van der Waals surface area contributed by atoms with Crippen LogP contribution in [0.3, 0.4) is 0 Å². The van der Waals surface area contributed by atoms with E-state index in [0.717, 1.165) is 12.8 Å². The minimum Gasteiger partial charge on any atom is -0.364 e. The van der Waals surface area contributed by atoms with Crippen molar-refractivity contribution in [1.29, 1.82) is 0 Å². The van der Waals surface area contributed by atoms with E-state index in [1.807, 2.05) is 6.92 Å². The van der Waals surface area contributed by atoms with Crippen molar-refractivity contribution in [3.05, 3.63) is 15.8 Å². The van der Waals surface area contributed by atoms with E-state index in [-0.39, 0.29) is 10.6 Å². The number of aryl methyl sites for hydroxylation is 2. The molecule has 1 atom stereocenters. The van der Waals surface area contributed by atoms with Gasteiger partial charge in [0.2, 0.25) is 5.82 Å². The number of rotatable bonds is 8. The average Bonchev–Trinajstić information content (AvgIpc) is 2.66. The topological polar surface area (TPSA) is 73.0 Å². The fourth-order valence-corrected chi connectivity index (χ4v) is 2.23. The van der Waals surface area contributed by atoms with Gasteiger partial charge in [-0.05, 0) is 19.1 Å². The predicted octanol–water partition coefficient (Wildman–Crippen LogP) is 2.83. The van der Waals surface area contributed by atoms with Crippen LogP contribution in [-0.2, 0) is 13.5 Å². The first-order valence-corrected chi connectivity index (χ1v) is 7.76. The van der Waals surface area contributed by atoms with Gasteiger partial charge in [0.05, 0.1) is 4.92 Å². The number of nitro groups is 1. The largest absolute Gasteiger partial charge is 0.364 e. The Morgan fingerprint density at radius 3 is 2.79 bits per heavy atom. The van der Waals surface area contributed by atoms with Crippen LogP contribution >= 0.6 is 11.8 Å². The van der Waals surface area contributed by atoms with Gasteiger partial charge in [-0.15, -0.1) is 0 Å². The van der Waals surface area contributed by atoms with Crippen molar-refractivity contribution in [2.75, 3.05) is 18.1 Å². The second-order valence-corrected chi connectivity index (χ2v) is 5.81. The summed E-state index contributed by atoms with van der Waals surface area (Å²) in [5, 5.41) is 19.1. The minimum atomic E-state index is -0.335. The lowest BCUT2D eigenvalue weighted by Crippen LogP contribution is -2.11. The summed E-state index contributed by atoms with van der Waals surface area (Å²) in [6.45, 7) is 4.85. The van der Waals surface area contributed by atoms with E-state index < -0.39 is 0 Å². The van der Waals surface area contributed by atoms with Gasteiger partial charge in [0.1, 0.15) is 5.69 Å². The van der Waals surface area contributed by atoms with Crippen LogP contribution < -0.4 is 5.32 Å². The molecule has 6 nitrogen and oxygen atoms in total. The van der Waals surface area contributed by atoms with E-state index in [9.17, 15) is 10.1 Å². The molecule has 1 aromatic heterocycles. The number of nitrogens with one attached hydrogen (secondary N) is 1. The number of anilines is 1. The van der Waals surface area contributed by atoms with Gasteiger partial charge in [-0.25, -0.2) is 4.68 Å². The normalized spacial score (nSPS) is 12.4. The van der Waals surface area contributed by atoms with Crippen molar-refractivity contribution in [1.82, 2.24) is 9.78 Å². The molecule has 0 aromatic carbocycles. The highest BCUT2D eigenvalue weighted by molar-refractivity contribution is 7.99. The van der Waals surface area contributed by atoms with Gasteiger partial charge in [0.15, 0.2) is 0 Å². The first-order chi connectivity index (χ1) is 9.01. The van der Waals surface area contributed by atoms with Gasteiger partial charge < -0.3 is 5.32 Å². The molecule has 1 rings (SSSR count). The van der Waals surface area contributed by atoms with E-state index in [1.165, 1.54) is 0 Å². The molecule has 0 amide bonds. The number of hydrogen-bond donors (Lipinski definition) is 1. The molecule has 0 bridgehead atoms. The summed E-state index contributed by atoms with van der Waals surface area (Å²) >= 11 is 1.79. The van der Waals surface area contributed by atoms with Gasteiger partial charge in [-0.2, -0.15) is 16.9 Å². The summed E-state index contributed by atoms with van der Waals surface area (Å²) in [5.41, 5.74) is 0.691. The third kappa shape index (κ3) is 4.12. The van der Waals surface area contributed by atoms with Crippen LogP contribution in [0.2, 0.25) is 0 Å². The molecule has 0 saturated carbocycles. The lowest BCUT2D eigenvalue weighted by atomic mass is 10.2. The van der Waals surface area contributed by atoms with E-state index in [2.05, 4.69) is 23.6 Å². The third-order valence-corrected chi connectivity index (χ3v) is 4.05. The number of thioether (sulfide) groups is 1. The molecular formula is C12H22N4O2S. The molecule has 108 valence electrons. The standard InChI is InChI=1S/C12H22N4O2S/c1-5-6-10-11(16(17)18)12(15(3)14-10)13-8-7-9(2)19-4/h9,13H,5-8H2,1-4H3. The van der Waals surface area contributed by atoms with E-state index in [1.54, 1.807) is 23.5 Å². The second kappa shape index (κ2) is 7.37. The average molecular weight is 286 g/mol. The summed E-state index contributed by atoms with van der Waals surface area (Å²) in [7, 11) is 1.74. The molecule has 0 aliphatic rings. The molecule has 0 saturated heterocycles. The van der Waals surface area contributed by atoms with Crippen LogP contribution in [0.15, 0.2) is 0 Å². The Hall–Kier alpha value is -1.24. The Kier molecular flexibility index (Phi) is 6.14. The smallest absolute Gasteiger partial charge is 0.333 e. The number of aromatic nitrogens is 2. The summed E-state index contributed by atoms with van der Waals surface area (Å²) < 4.78 is 1.58. The number of nitrogens with zero attached hydrogens (tertiary/aromatic N) is 3. The third-order valence-electron chi connectivity index (χ3n) is 3.01. The summed E-state index contributed by atoms with van der Waals surface area (Å²) in [5.74, 6) is 0.516. The van der Waals surface area contributed by atoms with Crippen molar-refractivity contribution < 1.29 is 4.92 Å². The molecule has 0 radical (unpaired) electrons. The zero-order valence-corrected chi connectivity index (χ0v) is 12.8. The molecule has 19 heavy (non-hydrogen) atoms. The van der Waals surface area contributed by atoms with Crippen LogP contribution in [-0.4, -0.2) is 32.8 Å². The zero-order chi connectivity index (χ0) is 14.4. The molecule has 1 aromatic rings. The van der Waals surface area contributed by atoms with E-state index >= 15 is 0 Å². The van der Waals surface area contributed by atoms with Gasteiger partial charge >= 0.3 is 5.69 Å². The summed E-state index contributed by atoms with van der Waals surface area (Å²) in [6.07, 6.45) is 4.51. The Morgan fingerprint density at radius 1 is 1.58 bits per heavy atom. The molecule has 1 heterocycles. The highest BCUT2D eigenvalue weighted by Crippen LogP contribution is 2.29. The van der Waals surface area contributed by atoms with Gasteiger partial charge in [0, 0.05) is 18.8 Å². The Morgan fingerprint density at radius 2 is 2.26 bits per heavy atom. The Bertz CT molecular complexity index is 434. The molecule has 0 aliphatic heterocycles. The van der Waals surface area contributed by atoms with Crippen molar-refractivity contribution in [3.8, 4) is 0 Å². The minimum absolute atomic E-state index is 0.126. The van der Waals surface area contributed by atoms with Gasteiger partial charge in [0.25, 0.3) is 0 Å². The maximum absolute atomic E-state index is 11.2. The van der Waals surface area contributed by atoms with Crippen LogP contribution in [0.4, 0.5) is 11.5 Å². The lowest BCUT2D eigenvalue weighted by molar-refractivity contribution is -0.384. The lowest BCUT2D eigenvalue weighted by Gasteiger charge is -2.09. The molecular weight excluding hydrogens is 264 g/mol. The Balaban J connectivity index is 2.84. The van der Waals surface area contributed by atoms with Crippen LogP contribution in [0.5, 0.6) is 0 Å². The first-order valence-electron chi connectivity index (χ1n) is 6.48. The highest BCUT2D eigenvalue weighted by atomic mass is 32.2. The zero-order valence-electron chi connectivity index (χ0n) is 12.0. The monoisotopic (exact) mass is 286 g/mol. The van der Waals surface area contributed by atoms with Crippen molar-refractivity contribution in [2.45, 2.75) is 38.4 Å². The van der Waals surface area contributed by atoms with Gasteiger partial charge in [-0.1, -0.05) is 20.3 Å². The van der Waals surface area contributed by atoms with Crippen LogP contribution in [0.25, 0.3) is 0 Å². The van der Waals surface area contributed by atoms with Crippen molar-refractivity contribution in [2.24, 2.45) is 7.05 Å². The SMILES string of the molecule is CCCc1nn(C)c(NCCC(C)SC)c1[N+](=O)[O-]. The fraction of sp³-hybridized carbons (Fsp3) is 0.750. The van der Waals surface area contributed by atoms with Crippen LogP contribution in [0.1, 0.15) is 32.4 Å². The quantitative estimate of drug-likeness (QED) is 0.587. The maximum atomic E-state index is 11.2. The summed E-state index contributed by atoms with van der Waals surface area (Å²) in [6, 6.07) is 0. The molecule has 1 unspecified atom stereocenters. The fourth-order valence-electron chi connectivity index (χ4n) is 1.88. The molecule has 0 spiro atoms. The number of hydrogen-bond acceptors (Lipinski definition) is 5. The molecule has 0 fully saturated rings. The van der Waals surface area contributed by atoms with Crippen LogP contribution in [0, 0.1) is 10.1 Å². The Labute approximate surface area is 118 Å². The molecule has 0 aliphatic carbocycles. The molecule has 7 heteroatoms. The van der Waals surface area contributed by atoms with E-state index in [4.69, 9.17) is 0 Å². The highest BCUT2D eigenvalue weighted by Gasteiger charge is 2.25. The van der Waals surface area contributed by atoms with Crippen molar-refractivity contribution >= 4 is 23.3 Å².